The Morgan fingerprint density at radius 1 is 1.28 bits per heavy atom. The van der Waals surface area contributed by atoms with Crippen LogP contribution in [0.5, 0.6) is 5.75 Å². The highest BCUT2D eigenvalue weighted by Gasteiger charge is 2.25. The fourth-order valence-corrected chi connectivity index (χ4v) is 1.69. The van der Waals surface area contributed by atoms with Crippen LogP contribution in [0.1, 0.15) is 0 Å². The summed E-state index contributed by atoms with van der Waals surface area (Å²) in [5.41, 5.74) is 0. The lowest BCUT2D eigenvalue weighted by Crippen LogP contribution is -2.06. The van der Waals surface area contributed by atoms with Crippen LogP contribution in [0.25, 0.3) is 0 Å². The fraction of sp³-hybridized carbons (Fsp3) is 0. The second-order valence-corrected chi connectivity index (χ2v) is 4.08. The van der Waals surface area contributed by atoms with E-state index in [9.17, 15) is 9.59 Å². The average molecular weight is 279 g/mol. The molecule has 0 fully saturated rings. The Labute approximate surface area is 112 Å². The van der Waals surface area contributed by atoms with Crippen molar-refractivity contribution in [3.8, 4) is 5.75 Å². The monoisotopic (exact) mass is 279 g/mol. The van der Waals surface area contributed by atoms with Crippen LogP contribution in [-0.2, 0) is 14.3 Å². The molecule has 18 heavy (non-hydrogen) atoms. The van der Waals surface area contributed by atoms with Crippen molar-refractivity contribution in [1.82, 2.24) is 0 Å². The van der Waals surface area contributed by atoms with E-state index in [1.54, 1.807) is 24.3 Å². The number of cyclic esters (lactones) is 2. The number of esters is 2. The summed E-state index contributed by atoms with van der Waals surface area (Å²) in [6.45, 7) is 0. The smallest absolute Gasteiger partial charge is 0.382 e. The maximum Gasteiger partial charge on any atom is 0.382 e. The minimum Gasteiger partial charge on any atom is -0.449 e. The van der Waals surface area contributed by atoms with E-state index in [2.05, 4.69) is 26.5 Å². The van der Waals surface area contributed by atoms with Crippen LogP contribution in [-0.4, -0.2) is 17.1 Å². The van der Waals surface area contributed by atoms with Crippen molar-refractivity contribution >= 4 is 41.3 Å². The van der Waals surface area contributed by atoms with E-state index in [-0.39, 0.29) is 5.76 Å². The molecule has 0 saturated heterocycles. The first-order valence-corrected chi connectivity index (χ1v) is 5.87. The predicted molar refractivity (Wildman–Crippen MR) is 67.1 cm³/mol. The third-order valence-corrected chi connectivity index (χ3v) is 2.76. The normalized spacial score (nSPS) is 13.7. The first kappa shape index (κ1) is 12.5. The third kappa shape index (κ3) is 3.04. The number of carbonyl (C=O) groups excluding carboxylic acids is 2. The van der Waals surface area contributed by atoms with Gasteiger partial charge in [-0.15, -0.1) is 0 Å². The second kappa shape index (κ2) is 5.59. The van der Waals surface area contributed by atoms with E-state index in [0.29, 0.717) is 5.75 Å². The molecule has 1 aliphatic heterocycles. The van der Waals surface area contributed by atoms with Gasteiger partial charge in [0.1, 0.15) is 5.75 Å². The first-order valence-electron chi connectivity index (χ1n) is 4.69. The lowest BCUT2D eigenvalue weighted by Gasteiger charge is -2.03. The molecular weight excluding hydrogens is 274 g/mol. The van der Waals surface area contributed by atoms with Crippen LogP contribution in [0.2, 0.25) is 0 Å². The topological polar surface area (TPSA) is 65.0 Å². The molecule has 1 heterocycles. The number of thiocarbonyl (C=S) groups is 1. The van der Waals surface area contributed by atoms with Gasteiger partial charge in [0.05, 0.1) is 11.2 Å². The highest BCUT2D eigenvalue weighted by molar-refractivity contribution is 7.98. The highest BCUT2D eigenvalue weighted by Crippen LogP contribution is 2.23. The Balaban J connectivity index is 2.07. The fourth-order valence-electron chi connectivity index (χ4n) is 1.18. The Bertz CT molecular complexity index is 573. The van der Waals surface area contributed by atoms with Crippen molar-refractivity contribution in [3.05, 3.63) is 36.1 Å². The molecule has 0 amide bonds. The molecule has 1 aliphatic rings. The summed E-state index contributed by atoms with van der Waals surface area (Å²) in [5.74, 6) is -1.22. The van der Waals surface area contributed by atoms with E-state index < -0.39 is 11.9 Å². The average Bonchev–Trinajstić information content (AvgIpc) is 2.67. The summed E-state index contributed by atoms with van der Waals surface area (Å²) < 4.78 is 13.2. The predicted octanol–water partition coefficient (Wildman–Crippen LogP) is 2.14. The van der Waals surface area contributed by atoms with E-state index in [1.807, 2.05) is 0 Å². The summed E-state index contributed by atoms with van der Waals surface area (Å²) in [6.07, 6.45) is 1.00. The van der Waals surface area contributed by atoms with E-state index in [0.717, 1.165) is 11.0 Å². The molecule has 1 aromatic carbocycles. The van der Waals surface area contributed by atoms with Crippen molar-refractivity contribution in [2.45, 2.75) is 4.90 Å². The van der Waals surface area contributed by atoms with E-state index in [1.165, 1.54) is 11.9 Å². The zero-order valence-electron chi connectivity index (χ0n) is 8.78. The molecule has 0 atom stereocenters. The lowest BCUT2D eigenvalue weighted by molar-refractivity contribution is -0.151. The molecule has 0 spiro atoms. The summed E-state index contributed by atoms with van der Waals surface area (Å²) in [6, 6.07) is 6.74. The van der Waals surface area contributed by atoms with Gasteiger partial charge < -0.3 is 9.47 Å². The number of rotatable bonds is 4. The molecule has 0 bridgehead atoms. The molecule has 0 aromatic heterocycles. The number of nitrogens with zero attached hydrogens (tertiary/aromatic N) is 1. The largest absolute Gasteiger partial charge is 0.449 e. The SMILES string of the molecule is O=C1C=C(Oc2ccc(SN=C=S)cc2)C(=O)O1. The van der Waals surface area contributed by atoms with Crippen molar-refractivity contribution in [1.29, 1.82) is 0 Å². The zero-order chi connectivity index (χ0) is 13.0. The molecule has 0 saturated carbocycles. The van der Waals surface area contributed by atoms with Crippen LogP contribution in [0.4, 0.5) is 0 Å². The van der Waals surface area contributed by atoms with Crippen LogP contribution in [0.15, 0.2) is 45.4 Å². The third-order valence-electron chi connectivity index (χ3n) is 1.88. The molecule has 7 heteroatoms. The van der Waals surface area contributed by atoms with Crippen molar-refractivity contribution in [3.63, 3.8) is 0 Å². The van der Waals surface area contributed by atoms with Crippen molar-refractivity contribution in [2.24, 2.45) is 4.40 Å². The van der Waals surface area contributed by atoms with Crippen molar-refractivity contribution in [2.75, 3.05) is 0 Å². The second-order valence-electron chi connectivity index (χ2n) is 3.06. The van der Waals surface area contributed by atoms with Gasteiger partial charge in [0.2, 0.25) is 5.76 Å². The van der Waals surface area contributed by atoms with Gasteiger partial charge in [-0.25, -0.2) is 9.59 Å². The quantitative estimate of drug-likeness (QED) is 0.276. The van der Waals surface area contributed by atoms with Gasteiger partial charge in [-0.3, -0.25) is 0 Å². The standard InChI is InChI=1S/C11H5NO4S2/c13-10-5-9(11(14)16-10)15-7-1-3-8(4-2-7)18-12-6-17/h1-5H. The van der Waals surface area contributed by atoms with Crippen molar-refractivity contribution < 1.29 is 19.1 Å². The number of hydrogen-bond donors (Lipinski definition) is 0. The maximum atomic E-state index is 11.1. The number of carbonyl (C=O) groups is 2. The van der Waals surface area contributed by atoms with Gasteiger partial charge in [0, 0.05) is 16.8 Å². The number of benzene rings is 1. The molecule has 2 rings (SSSR count). The van der Waals surface area contributed by atoms with Gasteiger partial charge in [-0.1, -0.05) is 0 Å². The van der Waals surface area contributed by atoms with Crippen LogP contribution in [0, 0.1) is 0 Å². The molecule has 90 valence electrons. The Kier molecular flexibility index (Phi) is 3.88. The Hall–Kier alpha value is -1.95. The summed E-state index contributed by atoms with van der Waals surface area (Å²) in [7, 11) is 0. The summed E-state index contributed by atoms with van der Waals surface area (Å²) in [4.78, 5) is 22.8. The summed E-state index contributed by atoms with van der Waals surface area (Å²) in [5, 5.41) is 2.23. The van der Waals surface area contributed by atoms with Crippen LogP contribution < -0.4 is 4.74 Å². The minimum atomic E-state index is -0.788. The molecule has 0 N–H and O–H groups in total. The number of isothiocyanates is 1. The molecule has 0 aliphatic carbocycles. The van der Waals surface area contributed by atoms with Gasteiger partial charge in [-0.2, -0.15) is 4.40 Å². The van der Waals surface area contributed by atoms with Crippen LogP contribution in [0.3, 0.4) is 0 Å². The zero-order valence-corrected chi connectivity index (χ0v) is 10.4. The number of ether oxygens (including phenoxy) is 2. The molecule has 0 unspecified atom stereocenters. The van der Waals surface area contributed by atoms with Gasteiger partial charge in [0.15, 0.2) is 0 Å². The van der Waals surface area contributed by atoms with Gasteiger partial charge in [-0.05, 0) is 36.5 Å². The van der Waals surface area contributed by atoms with E-state index >= 15 is 0 Å². The summed E-state index contributed by atoms with van der Waals surface area (Å²) >= 11 is 5.61. The minimum absolute atomic E-state index is 0.127. The highest BCUT2D eigenvalue weighted by atomic mass is 32.2. The maximum absolute atomic E-state index is 11.1. The van der Waals surface area contributed by atoms with Gasteiger partial charge in [0.25, 0.3) is 0 Å². The first-order chi connectivity index (χ1) is 8.69. The molecule has 0 radical (unpaired) electrons. The van der Waals surface area contributed by atoms with Gasteiger partial charge >= 0.3 is 11.9 Å². The van der Waals surface area contributed by atoms with Crippen LogP contribution >= 0.6 is 24.2 Å². The van der Waals surface area contributed by atoms with E-state index in [4.69, 9.17) is 4.74 Å². The lowest BCUT2D eigenvalue weighted by atomic mass is 10.3. The number of hydrogen-bond acceptors (Lipinski definition) is 7. The Morgan fingerprint density at radius 2 is 2.00 bits per heavy atom. The molecular formula is C11H5NO4S2. The Morgan fingerprint density at radius 3 is 2.56 bits per heavy atom. The molecule has 1 aromatic rings. The molecule has 5 nitrogen and oxygen atoms in total.